The second-order valence-corrected chi connectivity index (χ2v) is 6.34. The van der Waals surface area contributed by atoms with E-state index in [1.807, 2.05) is 44.2 Å². The Bertz CT molecular complexity index is 600. The largest absolute Gasteiger partial charge is 0.450 e. The van der Waals surface area contributed by atoms with Crippen LogP contribution in [-0.2, 0) is 30.3 Å². The number of amides is 1. The lowest BCUT2D eigenvalue weighted by molar-refractivity contribution is -0.200. The number of carbonyl (C=O) groups excluding carboxylic acids is 2. The summed E-state index contributed by atoms with van der Waals surface area (Å²) in [6, 6.07) is 9.37. The third-order valence-electron chi connectivity index (χ3n) is 4.10. The molecule has 2 heterocycles. The summed E-state index contributed by atoms with van der Waals surface area (Å²) in [5.74, 6) is -1.35. The molecule has 0 aliphatic carbocycles. The minimum Gasteiger partial charge on any atom is -0.450 e. The molecule has 124 valence electrons. The molecule has 2 aliphatic heterocycles. The van der Waals surface area contributed by atoms with Gasteiger partial charge in [0.25, 0.3) is 5.91 Å². The molecule has 0 unspecified atom stereocenters. The van der Waals surface area contributed by atoms with E-state index in [9.17, 15) is 9.59 Å². The molecule has 0 aromatic heterocycles. The highest BCUT2D eigenvalue weighted by atomic mass is 16.7. The third-order valence-corrected chi connectivity index (χ3v) is 4.10. The van der Waals surface area contributed by atoms with Crippen molar-refractivity contribution in [3.05, 3.63) is 35.9 Å². The first-order chi connectivity index (χ1) is 10.9. The van der Waals surface area contributed by atoms with Crippen LogP contribution in [-0.4, -0.2) is 47.4 Å². The van der Waals surface area contributed by atoms with E-state index in [0.717, 1.165) is 5.56 Å². The molecular weight excluding hydrogens is 298 g/mol. The number of carbonyl (C=O) groups is 2. The third kappa shape index (κ3) is 3.23. The van der Waals surface area contributed by atoms with Gasteiger partial charge in [-0.2, -0.15) is 0 Å². The molecule has 0 N–H and O–H groups in total. The predicted molar refractivity (Wildman–Crippen MR) is 81.2 cm³/mol. The van der Waals surface area contributed by atoms with Crippen LogP contribution < -0.4 is 0 Å². The van der Waals surface area contributed by atoms with E-state index in [2.05, 4.69) is 0 Å². The molecule has 0 saturated carbocycles. The number of likely N-dealkylation sites (tertiary alicyclic amines) is 1. The van der Waals surface area contributed by atoms with E-state index < -0.39 is 17.9 Å². The van der Waals surface area contributed by atoms with Crippen LogP contribution in [0.25, 0.3) is 0 Å². The van der Waals surface area contributed by atoms with Gasteiger partial charge < -0.3 is 19.1 Å². The first-order valence-electron chi connectivity index (χ1n) is 7.71. The average Bonchev–Trinajstić information content (AvgIpc) is 2.85. The molecule has 3 rings (SSSR count). The van der Waals surface area contributed by atoms with Gasteiger partial charge in [-0.15, -0.1) is 0 Å². The molecule has 6 nitrogen and oxygen atoms in total. The normalized spacial score (nSPS) is 29.3. The summed E-state index contributed by atoms with van der Waals surface area (Å²) in [6.07, 6.45) is -1.10. The SMILES string of the molecule is CC(=O)O[C@H]1C(=O)N(Cc2ccccc2)[C@H]1[C@H]1COC(C)(C)O1. The Morgan fingerprint density at radius 2 is 2.04 bits per heavy atom. The molecule has 0 spiro atoms. The first-order valence-corrected chi connectivity index (χ1v) is 7.71. The van der Waals surface area contributed by atoms with Gasteiger partial charge in [-0.1, -0.05) is 30.3 Å². The van der Waals surface area contributed by atoms with E-state index >= 15 is 0 Å². The van der Waals surface area contributed by atoms with Crippen LogP contribution in [0, 0.1) is 0 Å². The van der Waals surface area contributed by atoms with Crippen molar-refractivity contribution in [3.8, 4) is 0 Å². The predicted octanol–water partition coefficient (Wildman–Crippen LogP) is 1.48. The molecule has 2 aliphatic rings. The van der Waals surface area contributed by atoms with E-state index in [-0.39, 0.29) is 18.1 Å². The van der Waals surface area contributed by atoms with E-state index in [0.29, 0.717) is 13.2 Å². The first kappa shape index (κ1) is 16.0. The Balaban J connectivity index is 1.77. The van der Waals surface area contributed by atoms with Gasteiger partial charge in [0.1, 0.15) is 12.1 Å². The number of nitrogens with zero attached hydrogens (tertiary/aromatic N) is 1. The summed E-state index contributed by atoms with van der Waals surface area (Å²) in [4.78, 5) is 25.4. The minimum absolute atomic E-state index is 0.192. The topological polar surface area (TPSA) is 65.1 Å². The number of β-lactam (4-membered cyclic amide) rings is 1. The number of hydrogen-bond donors (Lipinski definition) is 0. The maximum Gasteiger partial charge on any atom is 0.303 e. The van der Waals surface area contributed by atoms with Gasteiger partial charge in [0, 0.05) is 13.5 Å². The van der Waals surface area contributed by atoms with Crippen molar-refractivity contribution in [2.45, 2.75) is 51.4 Å². The van der Waals surface area contributed by atoms with Crippen molar-refractivity contribution in [3.63, 3.8) is 0 Å². The summed E-state index contributed by atoms with van der Waals surface area (Å²) < 4.78 is 16.7. The molecule has 0 bridgehead atoms. The standard InChI is InChI=1S/C17H21NO5/c1-11(19)22-15-14(13-10-21-17(2,3)23-13)18(16(15)20)9-12-7-5-4-6-8-12/h4-8,13-15H,9-10H2,1-3H3/t13-,14+,15-/m1/s1. The van der Waals surface area contributed by atoms with Gasteiger partial charge in [-0.05, 0) is 19.4 Å². The van der Waals surface area contributed by atoms with Gasteiger partial charge in [0.15, 0.2) is 5.79 Å². The Hall–Kier alpha value is -1.92. The number of ether oxygens (including phenoxy) is 3. The Morgan fingerprint density at radius 3 is 2.61 bits per heavy atom. The molecule has 23 heavy (non-hydrogen) atoms. The van der Waals surface area contributed by atoms with Gasteiger partial charge in [-0.25, -0.2) is 0 Å². The molecule has 3 atom stereocenters. The number of esters is 1. The summed E-state index contributed by atoms with van der Waals surface area (Å²) in [6.45, 7) is 5.79. The van der Waals surface area contributed by atoms with E-state index in [4.69, 9.17) is 14.2 Å². The summed E-state index contributed by atoms with van der Waals surface area (Å²) in [5, 5.41) is 0. The van der Waals surface area contributed by atoms with Crippen molar-refractivity contribution in [1.29, 1.82) is 0 Å². The molecule has 1 aromatic carbocycles. The highest BCUT2D eigenvalue weighted by molar-refractivity contribution is 5.90. The van der Waals surface area contributed by atoms with Gasteiger partial charge >= 0.3 is 5.97 Å². The Morgan fingerprint density at radius 1 is 1.35 bits per heavy atom. The van der Waals surface area contributed by atoms with Crippen LogP contribution in [0.5, 0.6) is 0 Å². The number of hydrogen-bond acceptors (Lipinski definition) is 5. The van der Waals surface area contributed by atoms with Crippen molar-refractivity contribution < 1.29 is 23.8 Å². The Kier molecular flexibility index (Phi) is 4.12. The van der Waals surface area contributed by atoms with Crippen LogP contribution in [0.2, 0.25) is 0 Å². The monoisotopic (exact) mass is 319 g/mol. The van der Waals surface area contributed by atoms with Crippen molar-refractivity contribution in [2.75, 3.05) is 6.61 Å². The van der Waals surface area contributed by atoms with Crippen molar-refractivity contribution in [1.82, 2.24) is 4.90 Å². The quantitative estimate of drug-likeness (QED) is 0.621. The molecule has 1 amide bonds. The number of rotatable bonds is 4. The molecule has 2 fully saturated rings. The zero-order chi connectivity index (χ0) is 16.6. The fourth-order valence-corrected chi connectivity index (χ4v) is 3.08. The smallest absolute Gasteiger partial charge is 0.303 e. The lowest BCUT2D eigenvalue weighted by Gasteiger charge is -2.48. The highest BCUT2D eigenvalue weighted by Crippen LogP contribution is 2.35. The van der Waals surface area contributed by atoms with E-state index in [1.54, 1.807) is 4.90 Å². The molecule has 0 radical (unpaired) electrons. The molecule has 1 aromatic rings. The van der Waals surface area contributed by atoms with Crippen LogP contribution in [0.1, 0.15) is 26.3 Å². The van der Waals surface area contributed by atoms with Gasteiger partial charge in [0.2, 0.25) is 6.10 Å². The zero-order valence-electron chi connectivity index (χ0n) is 13.5. The van der Waals surface area contributed by atoms with Crippen molar-refractivity contribution >= 4 is 11.9 Å². The second kappa shape index (κ2) is 5.94. The van der Waals surface area contributed by atoms with Crippen molar-refractivity contribution in [2.24, 2.45) is 0 Å². The lowest BCUT2D eigenvalue weighted by Crippen LogP contribution is -2.70. The average molecular weight is 319 g/mol. The molecule has 2 saturated heterocycles. The maximum absolute atomic E-state index is 12.4. The van der Waals surface area contributed by atoms with Crippen LogP contribution >= 0.6 is 0 Å². The minimum atomic E-state index is -0.793. The summed E-state index contributed by atoms with van der Waals surface area (Å²) >= 11 is 0. The fourth-order valence-electron chi connectivity index (χ4n) is 3.08. The summed E-state index contributed by atoms with van der Waals surface area (Å²) in [7, 11) is 0. The maximum atomic E-state index is 12.4. The van der Waals surface area contributed by atoms with Crippen LogP contribution in [0.3, 0.4) is 0 Å². The number of benzene rings is 1. The Labute approximate surface area is 135 Å². The second-order valence-electron chi connectivity index (χ2n) is 6.34. The van der Waals surface area contributed by atoms with Crippen LogP contribution in [0.4, 0.5) is 0 Å². The zero-order valence-corrected chi connectivity index (χ0v) is 13.5. The van der Waals surface area contributed by atoms with E-state index in [1.165, 1.54) is 6.92 Å². The summed E-state index contributed by atoms with van der Waals surface area (Å²) in [5.41, 5.74) is 1.02. The molecule has 6 heteroatoms. The lowest BCUT2D eigenvalue weighted by atomic mass is 9.91. The van der Waals surface area contributed by atoms with Crippen LogP contribution in [0.15, 0.2) is 30.3 Å². The van der Waals surface area contributed by atoms with Gasteiger partial charge in [0.05, 0.1) is 6.61 Å². The highest BCUT2D eigenvalue weighted by Gasteiger charge is 2.56. The fraction of sp³-hybridized carbons (Fsp3) is 0.529. The molecular formula is C17H21NO5. The van der Waals surface area contributed by atoms with Gasteiger partial charge in [-0.3, -0.25) is 9.59 Å².